The summed E-state index contributed by atoms with van der Waals surface area (Å²) in [6, 6.07) is 6.09. The van der Waals surface area contributed by atoms with Gasteiger partial charge in [-0.1, -0.05) is 25.6 Å². The van der Waals surface area contributed by atoms with Crippen molar-refractivity contribution in [2.24, 2.45) is 5.92 Å². The van der Waals surface area contributed by atoms with E-state index in [1.54, 1.807) is 23.1 Å². The molecule has 154 valence electrons. The van der Waals surface area contributed by atoms with Crippen LogP contribution in [0.5, 0.6) is 0 Å². The fourth-order valence-electron chi connectivity index (χ4n) is 3.19. The van der Waals surface area contributed by atoms with Gasteiger partial charge < -0.3 is 5.32 Å². The Morgan fingerprint density at radius 2 is 2.00 bits per heavy atom. The molecule has 0 unspecified atom stereocenters. The molecule has 0 aliphatic carbocycles. The molecule has 0 bridgehead atoms. The second-order valence-electron chi connectivity index (χ2n) is 7.78. The van der Waals surface area contributed by atoms with Crippen molar-refractivity contribution in [1.82, 2.24) is 14.8 Å². The van der Waals surface area contributed by atoms with E-state index in [1.165, 1.54) is 0 Å². The molecule has 1 N–H and O–H groups in total. The van der Waals surface area contributed by atoms with E-state index < -0.39 is 0 Å². The Labute approximate surface area is 180 Å². The Balaban J connectivity index is 1.67. The van der Waals surface area contributed by atoms with Crippen LogP contribution in [0.3, 0.4) is 0 Å². The van der Waals surface area contributed by atoms with Gasteiger partial charge in [0.1, 0.15) is 0 Å². The molecule has 1 aromatic carbocycles. The maximum absolute atomic E-state index is 12.7. The number of carbonyl (C=O) groups excluding carboxylic acids is 1. The number of hydrogen-bond acceptors (Lipinski definition) is 5. The SMILES string of the molecule is Cc1csc(Sc2ccc(NC(=O)Cc3c(C)nn(CC(C)C)c3C)c(C)c2)n1. The van der Waals surface area contributed by atoms with E-state index in [2.05, 4.69) is 40.7 Å². The Bertz CT molecular complexity index is 1020. The number of aryl methyl sites for hydroxylation is 3. The van der Waals surface area contributed by atoms with Crippen LogP contribution in [0, 0.1) is 33.6 Å². The fraction of sp³-hybridized carbons (Fsp3) is 0.409. The van der Waals surface area contributed by atoms with Crippen LogP contribution in [0.15, 0.2) is 32.8 Å². The molecule has 0 saturated heterocycles. The number of aromatic nitrogens is 3. The average Bonchev–Trinajstić information content (AvgIpc) is 3.15. The lowest BCUT2D eigenvalue weighted by atomic mass is 10.1. The molecule has 0 fully saturated rings. The van der Waals surface area contributed by atoms with Crippen molar-refractivity contribution in [1.29, 1.82) is 0 Å². The van der Waals surface area contributed by atoms with Crippen LogP contribution >= 0.6 is 23.1 Å². The first-order chi connectivity index (χ1) is 13.7. The standard InChI is InChI=1S/C22H28N4OS2/c1-13(2)11-26-17(6)19(16(5)25-26)10-21(27)24-20-8-7-18(9-14(20)3)29-22-23-15(4)12-28-22/h7-9,12-13H,10-11H2,1-6H3,(H,24,27). The lowest BCUT2D eigenvalue weighted by Gasteiger charge is -2.11. The van der Waals surface area contributed by atoms with Gasteiger partial charge in [0.05, 0.1) is 12.1 Å². The molecule has 0 saturated carbocycles. The Kier molecular flexibility index (Phi) is 6.80. The number of anilines is 1. The van der Waals surface area contributed by atoms with Crippen LogP contribution in [-0.2, 0) is 17.8 Å². The van der Waals surface area contributed by atoms with Gasteiger partial charge in [0.15, 0.2) is 4.34 Å². The second-order valence-corrected chi connectivity index (χ2v) is 9.96. The number of benzene rings is 1. The van der Waals surface area contributed by atoms with Gasteiger partial charge in [-0.3, -0.25) is 9.48 Å². The Morgan fingerprint density at radius 1 is 1.24 bits per heavy atom. The molecule has 7 heteroatoms. The Hall–Kier alpha value is -2.12. The van der Waals surface area contributed by atoms with E-state index in [0.717, 1.165) is 49.7 Å². The van der Waals surface area contributed by atoms with Crippen LogP contribution in [0.2, 0.25) is 0 Å². The second kappa shape index (κ2) is 9.13. The van der Waals surface area contributed by atoms with Gasteiger partial charge in [0.2, 0.25) is 5.91 Å². The molecule has 29 heavy (non-hydrogen) atoms. The van der Waals surface area contributed by atoms with E-state index in [1.807, 2.05) is 44.5 Å². The lowest BCUT2D eigenvalue weighted by Crippen LogP contribution is -2.16. The molecule has 0 atom stereocenters. The summed E-state index contributed by atoms with van der Waals surface area (Å²) in [5.74, 6) is 0.501. The minimum absolute atomic E-state index is 0.0145. The normalized spacial score (nSPS) is 11.3. The number of hydrogen-bond donors (Lipinski definition) is 1. The van der Waals surface area contributed by atoms with E-state index in [4.69, 9.17) is 0 Å². The molecule has 1 amide bonds. The summed E-state index contributed by atoms with van der Waals surface area (Å²) in [7, 11) is 0. The van der Waals surface area contributed by atoms with Gasteiger partial charge in [-0.15, -0.1) is 11.3 Å². The first kappa shape index (κ1) is 21.6. The quantitative estimate of drug-likeness (QED) is 0.535. The third kappa shape index (κ3) is 5.48. The molecule has 5 nitrogen and oxygen atoms in total. The van der Waals surface area contributed by atoms with Crippen LogP contribution in [0.1, 0.15) is 42.1 Å². The fourth-order valence-corrected chi connectivity index (χ4v) is 5.10. The van der Waals surface area contributed by atoms with Crippen molar-refractivity contribution >= 4 is 34.7 Å². The summed E-state index contributed by atoms with van der Waals surface area (Å²) in [5.41, 5.74) is 5.96. The molecule has 3 aromatic rings. The van der Waals surface area contributed by atoms with Crippen molar-refractivity contribution in [3.8, 4) is 0 Å². The van der Waals surface area contributed by atoms with Crippen LogP contribution in [-0.4, -0.2) is 20.7 Å². The zero-order valence-corrected chi connectivity index (χ0v) is 19.5. The molecule has 0 aliphatic rings. The molecular formula is C22H28N4OS2. The number of rotatable bonds is 7. The number of nitrogens with zero attached hydrogens (tertiary/aromatic N) is 3. The highest BCUT2D eigenvalue weighted by atomic mass is 32.2. The third-order valence-electron chi connectivity index (χ3n) is 4.68. The van der Waals surface area contributed by atoms with Crippen molar-refractivity contribution in [3.05, 3.63) is 51.8 Å². The molecule has 0 aliphatic heterocycles. The smallest absolute Gasteiger partial charge is 0.228 e. The minimum Gasteiger partial charge on any atom is -0.326 e. The van der Waals surface area contributed by atoms with Crippen LogP contribution < -0.4 is 5.32 Å². The highest BCUT2D eigenvalue weighted by molar-refractivity contribution is 8.01. The van der Waals surface area contributed by atoms with Crippen LogP contribution in [0.4, 0.5) is 5.69 Å². The van der Waals surface area contributed by atoms with Gasteiger partial charge in [0.25, 0.3) is 0 Å². The molecule has 3 rings (SSSR count). The largest absolute Gasteiger partial charge is 0.326 e. The first-order valence-corrected chi connectivity index (χ1v) is 11.5. The summed E-state index contributed by atoms with van der Waals surface area (Å²) in [5, 5.41) is 9.72. The predicted octanol–water partition coefficient (Wildman–Crippen LogP) is 5.56. The Morgan fingerprint density at radius 3 is 2.62 bits per heavy atom. The van der Waals surface area contributed by atoms with Crippen molar-refractivity contribution in [2.75, 3.05) is 5.32 Å². The summed E-state index contributed by atoms with van der Waals surface area (Å²) in [6.45, 7) is 13.2. The van der Waals surface area contributed by atoms with E-state index >= 15 is 0 Å². The monoisotopic (exact) mass is 428 g/mol. The molecule has 2 heterocycles. The average molecular weight is 429 g/mol. The van der Waals surface area contributed by atoms with Crippen LogP contribution in [0.25, 0.3) is 0 Å². The van der Waals surface area contributed by atoms with Gasteiger partial charge in [-0.05, 0) is 57.4 Å². The number of amides is 1. The molecule has 0 spiro atoms. The van der Waals surface area contributed by atoms with E-state index in [9.17, 15) is 4.79 Å². The zero-order chi connectivity index (χ0) is 21.1. The maximum atomic E-state index is 12.7. The molecular weight excluding hydrogens is 400 g/mol. The highest BCUT2D eigenvalue weighted by Crippen LogP contribution is 2.32. The summed E-state index contributed by atoms with van der Waals surface area (Å²) >= 11 is 3.30. The number of thiazole rings is 1. The van der Waals surface area contributed by atoms with E-state index in [0.29, 0.717) is 12.3 Å². The zero-order valence-electron chi connectivity index (χ0n) is 17.9. The molecule has 2 aromatic heterocycles. The van der Waals surface area contributed by atoms with Crippen molar-refractivity contribution in [2.45, 2.75) is 63.7 Å². The van der Waals surface area contributed by atoms with Crippen molar-refractivity contribution < 1.29 is 4.79 Å². The van der Waals surface area contributed by atoms with Gasteiger partial charge in [0, 0.05) is 39.5 Å². The summed E-state index contributed by atoms with van der Waals surface area (Å²) in [6.07, 6.45) is 0.337. The van der Waals surface area contributed by atoms with Gasteiger partial charge in [-0.25, -0.2) is 4.98 Å². The van der Waals surface area contributed by atoms with E-state index in [-0.39, 0.29) is 5.91 Å². The summed E-state index contributed by atoms with van der Waals surface area (Å²) < 4.78 is 3.04. The maximum Gasteiger partial charge on any atom is 0.228 e. The lowest BCUT2D eigenvalue weighted by molar-refractivity contribution is -0.115. The van der Waals surface area contributed by atoms with Crippen molar-refractivity contribution in [3.63, 3.8) is 0 Å². The molecule has 0 radical (unpaired) electrons. The number of carbonyl (C=O) groups is 1. The van der Waals surface area contributed by atoms with Gasteiger partial charge in [-0.2, -0.15) is 5.10 Å². The highest BCUT2D eigenvalue weighted by Gasteiger charge is 2.16. The van der Waals surface area contributed by atoms with Gasteiger partial charge >= 0.3 is 0 Å². The first-order valence-electron chi connectivity index (χ1n) is 9.76. The topological polar surface area (TPSA) is 59.8 Å². The predicted molar refractivity (Wildman–Crippen MR) is 121 cm³/mol. The minimum atomic E-state index is -0.0145. The number of nitrogens with one attached hydrogen (secondary N) is 1. The third-order valence-corrected chi connectivity index (χ3v) is 6.73. The summed E-state index contributed by atoms with van der Waals surface area (Å²) in [4.78, 5) is 18.3.